The number of aromatic amines is 1. The minimum atomic E-state index is -0.419. The van der Waals surface area contributed by atoms with Gasteiger partial charge in [0.15, 0.2) is 11.5 Å². The largest absolute Gasteiger partial charge is 0.391 e. The van der Waals surface area contributed by atoms with Gasteiger partial charge in [0.05, 0.1) is 23.4 Å². The molecule has 2 fully saturated rings. The van der Waals surface area contributed by atoms with E-state index in [0.29, 0.717) is 25.2 Å². The van der Waals surface area contributed by atoms with E-state index < -0.39 is 6.10 Å². The van der Waals surface area contributed by atoms with Gasteiger partial charge in [0.1, 0.15) is 0 Å². The summed E-state index contributed by atoms with van der Waals surface area (Å²) in [5.74, 6) is 0.901. The number of likely N-dealkylation sites (tertiary alicyclic amines) is 1. The second kappa shape index (κ2) is 5.69. The Morgan fingerprint density at radius 3 is 2.91 bits per heavy atom. The average Bonchev–Trinajstić information content (AvgIpc) is 3.26. The number of β-amino-alcohol motifs (C(OH)–C–C–N with tert-alkyl or cyclic N) is 1. The number of carbonyl (C=O) groups excluding carboxylic acids is 1. The Labute approximate surface area is 133 Å². The molecular weight excluding hydrogens is 296 g/mol. The number of urea groups is 1. The summed E-state index contributed by atoms with van der Waals surface area (Å²) in [6, 6.07) is 1.71. The van der Waals surface area contributed by atoms with Gasteiger partial charge in [-0.05, 0) is 25.3 Å². The van der Waals surface area contributed by atoms with E-state index in [4.69, 9.17) is 0 Å². The highest BCUT2D eigenvalue weighted by Gasteiger charge is 2.25. The molecule has 0 bridgehead atoms. The minimum Gasteiger partial charge on any atom is -0.391 e. The fraction of sp³-hybridized carbons (Fsp3) is 0.533. The molecule has 1 unspecified atom stereocenters. The number of pyridine rings is 1. The second-order valence-corrected chi connectivity index (χ2v) is 6.18. The van der Waals surface area contributed by atoms with Crippen LogP contribution in [-0.4, -0.2) is 63.5 Å². The number of H-pyrrole nitrogens is 1. The molecule has 23 heavy (non-hydrogen) atoms. The van der Waals surface area contributed by atoms with Gasteiger partial charge in [-0.1, -0.05) is 0 Å². The van der Waals surface area contributed by atoms with Crippen molar-refractivity contribution in [2.45, 2.75) is 25.4 Å². The number of aromatic nitrogens is 3. The molecule has 8 nitrogen and oxygen atoms in total. The van der Waals surface area contributed by atoms with Gasteiger partial charge in [-0.2, -0.15) is 5.10 Å². The first-order valence-electron chi connectivity index (χ1n) is 8.04. The molecule has 2 amide bonds. The van der Waals surface area contributed by atoms with Gasteiger partial charge in [0.25, 0.3) is 0 Å². The third kappa shape index (κ3) is 2.70. The fourth-order valence-electron chi connectivity index (χ4n) is 3.26. The van der Waals surface area contributed by atoms with Crippen molar-refractivity contribution in [1.29, 1.82) is 0 Å². The summed E-state index contributed by atoms with van der Waals surface area (Å²) in [5.41, 5.74) is 1.37. The molecule has 2 aromatic heterocycles. The van der Waals surface area contributed by atoms with Gasteiger partial charge in [-0.3, -0.25) is 5.10 Å². The van der Waals surface area contributed by atoms with Gasteiger partial charge in [0.2, 0.25) is 0 Å². The molecule has 122 valence electrons. The first-order chi connectivity index (χ1) is 11.2. The van der Waals surface area contributed by atoms with Crippen LogP contribution in [0.2, 0.25) is 0 Å². The number of aliphatic hydroxyl groups excluding tert-OH is 1. The van der Waals surface area contributed by atoms with E-state index in [2.05, 4.69) is 25.4 Å². The van der Waals surface area contributed by atoms with Crippen LogP contribution < -0.4 is 10.2 Å². The maximum atomic E-state index is 12.2. The SMILES string of the molecule is O=C(Nc1cnc2[nH]nc(N3CCCC3)c2c1)N1CCC(O)C1. The van der Waals surface area contributed by atoms with Crippen molar-refractivity contribution in [1.82, 2.24) is 20.1 Å². The lowest BCUT2D eigenvalue weighted by atomic mass is 10.3. The lowest BCUT2D eigenvalue weighted by Crippen LogP contribution is -2.33. The van der Waals surface area contributed by atoms with Crippen molar-refractivity contribution in [3.63, 3.8) is 0 Å². The number of hydrogen-bond donors (Lipinski definition) is 3. The molecule has 2 aliphatic rings. The molecule has 8 heteroatoms. The highest BCUT2D eigenvalue weighted by Crippen LogP contribution is 2.28. The number of amides is 2. The van der Waals surface area contributed by atoms with Crippen LogP contribution in [-0.2, 0) is 0 Å². The summed E-state index contributed by atoms with van der Waals surface area (Å²) in [4.78, 5) is 20.4. The third-order valence-corrected chi connectivity index (χ3v) is 4.50. The highest BCUT2D eigenvalue weighted by atomic mass is 16.3. The van der Waals surface area contributed by atoms with Crippen LogP contribution in [0.5, 0.6) is 0 Å². The Balaban J connectivity index is 1.55. The van der Waals surface area contributed by atoms with Crippen molar-refractivity contribution < 1.29 is 9.90 Å². The molecule has 4 rings (SSSR count). The lowest BCUT2D eigenvalue weighted by molar-refractivity contribution is 0.176. The van der Waals surface area contributed by atoms with E-state index in [1.54, 1.807) is 11.1 Å². The van der Waals surface area contributed by atoms with Crippen LogP contribution in [0.25, 0.3) is 11.0 Å². The van der Waals surface area contributed by atoms with Crippen molar-refractivity contribution in [3.05, 3.63) is 12.3 Å². The van der Waals surface area contributed by atoms with Crippen molar-refractivity contribution in [2.75, 3.05) is 36.4 Å². The molecule has 2 saturated heterocycles. The van der Waals surface area contributed by atoms with Crippen molar-refractivity contribution in [2.24, 2.45) is 0 Å². The Morgan fingerprint density at radius 2 is 2.17 bits per heavy atom. The molecule has 0 radical (unpaired) electrons. The molecule has 0 aromatic carbocycles. The average molecular weight is 316 g/mol. The molecule has 3 N–H and O–H groups in total. The quantitative estimate of drug-likeness (QED) is 0.772. The monoisotopic (exact) mass is 316 g/mol. The molecular formula is C15H20N6O2. The zero-order valence-electron chi connectivity index (χ0n) is 12.8. The Bertz CT molecular complexity index is 724. The number of aliphatic hydroxyl groups is 1. The van der Waals surface area contributed by atoms with E-state index in [1.807, 2.05) is 6.07 Å². The van der Waals surface area contributed by atoms with Gasteiger partial charge >= 0.3 is 6.03 Å². The third-order valence-electron chi connectivity index (χ3n) is 4.50. The molecule has 2 aromatic rings. The zero-order chi connectivity index (χ0) is 15.8. The number of hydrogen-bond acceptors (Lipinski definition) is 5. The summed E-state index contributed by atoms with van der Waals surface area (Å²) < 4.78 is 0. The maximum Gasteiger partial charge on any atom is 0.321 e. The maximum absolute atomic E-state index is 12.2. The molecule has 0 spiro atoms. The van der Waals surface area contributed by atoms with Crippen LogP contribution in [0.4, 0.5) is 16.3 Å². The Hall–Kier alpha value is -2.35. The summed E-state index contributed by atoms with van der Waals surface area (Å²) in [7, 11) is 0. The number of nitrogens with one attached hydrogen (secondary N) is 2. The highest BCUT2D eigenvalue weighted by molar-refractivity contribution is 5.95. The standard InChI is InChI=1S/C15H20N6O2/c22-11-3-6-21(9-11)15(23)17-10-7-12-13(16-8-10)18-19-14(12)20-4-1-2-5-20/h7-8,11,22H,1-6,9H2,(H,17,23)(H,16,18,19). The topological polar surface area (TPSA) is 97.4 Å². The summed E-state index contributed by atoms with van der Waals surface area (Å²) in [6.07, 6.45) is 4.19. The zero-order valence-corrected chi connectivity index (χ0v) is 12.8. The van der Waals surface area contributed by atoms with Crippen molar-refractivity contribution >= 4 is 28.6 Å². The minimum absolute atomic E-state index is 0.200. The van der Waals surface area contributed by atoms with Crippen LogP contribution in [0.1, 0.15) is 19.3 Å². The molecule has 0 saturated carbocycles. The van der Waals surface area contributed by atoms with E-state index >= 15 is 0 Å². The van der Waals surface area contributed by atoms with Crippen LogP contribution in [0, 0.1) is 0 Å². The van der Waals surface area contributed by atoms with E-state index in [-0.39, 0.29) is 6.03 Å². The molecule has 0 aliphatic carbocycles. The normalized spacial score (nSPS) is 21.3. The summed E-state index contributed by atoms with van der Waals surface area (Å²) in [5, 5.41) is 20.6. The van der Waals surface area contributed by atoms with Crippen LogP contribution >= 0.6 is 0 Å². The predicted molar refractivity (Wildman–Crippen MR) is 86.6 cm³/mol. The van der Waals surface area contributed by atoms with E-state index in [1.165, 1.54) is 12.8 Å². The van der Waals surface area contributed by atoms with Gasteiger partial charge in [0, 0.05) is 26.2 Å². The van der Waals surface area contributed by atoms with Crippen LogP contribution in [0.15, 0.2) is 12.3 Å². The smallest absolute Gasteiger partial charge is 0.321 e. The number of nitrogens with zero attached hydrogens (tertiary/aromatic N) is 4. The molecule has 1 atom stereocenters. The van der Waals surface area contributed by atoms with Gasteiger partial charge in [-0.25, -0.2) is 9.78 Å². The molecule has 4 heterocycles. The number of anilines is 2. The second-order valence-electron chi connectivity index (χ2n) is 6.18. The summed E-state index contributed by atoms with van der Waals surface area (Å²) >= 11 is 0. The lowest BCUT2D eigenvalue weighted by Gasteiger charge is -2.17. The Morgan fingerprint density at radius 1 is 1.35 bits per heavy atom. The number of carbonyl (C=O) groups is 1. The van der Waals surface area contributed by atoms with E-state index in [0.717, 1.165) is 29.9 Å². The van der Waals surface area contributed by atoms with Crippen LogP contribution in [0.3, 0.4) is 0 Å². The number of rotatable bonds is 2. The Kier molecular flexibility index (Phi) is 3.53. The molecule has 2 aliphatic heterocycles. The first-order valence-corrected chi connectivity index (χ1v) is 8.04. The predicted octanol–water partition coefficient (Wildman–Crippen LogP) is 1.16. The fourth-order valence-corrected chi connectivity index (χ4v) is 3.26. The first kappa shape index (κ1) is 14.3. The summed E-state index contributed by atoms with van der Waals surface area (Å²) in [6.45, 7) is 2.96. The van der Waals surface area contributed by atoms with Gasteiger partial charge < -0.3 is 20.2 Å². The number of fused-ring (bicyclic) bond motifs is 1. The van der Waals surface area contributed by atoms with Gasteiger partial charge in [-0.15, -0.1) is 0 Å². The van der Waals surface area contributed by atoms with E-state index in [9.17, 15) is 9.90 Å². The van der Waals surface area contributed by atoms with Crippen molar-refractivity contribution in [3.8, 4) is 0 Å².